The Morgan fingerprint density at radius 1 is 0.684 bits per heavy atom. The topological polar surface area (TPSA) is 0 Å². The van der Waals surface area contributed by atoms with E-state index in [-0.39, 0.29) is 0 Å². The van der Waals surface area contributed by atoms with Gasteiger partial charge in [-0.05, 0) is 72.0 Å². The Hall–Kier alpha value is 0. The first-order valence-corrected chi connectivity index (χ1v) is 8.76. The predicted octanol–water partition coefficient (Wildman–Crippen LogP) is 5.77. The zero-order valence-electron chi connectivity index (χ0n) is 14.0. The molecule has 0 aromatic heterocycles. The molecule has 0 aliphatic heterocycles. The summed E-state index contributed by atoms with van der Waals surface area (Å²) in [5, 5.41) is 0. The van der Waals surface area contributed by atoms with E-state index >= 15 is 0 Å². The molecule has 110 valence electrons. The van der Waals surface area contributed by atoms with Crippen molar-refractivity contribution in [3.05, 3.63) is 0 Å². The van der Waals surface area contributed by atoms with Crippen molar-refractivity contribution in [2.45, 2.75) is 73.6 Å². The van der Waals surface area contributed by atoms with Crippen LogP contribution < -0.4 is 0 Å². The Morgan fingerprint density at radius 3 is 1.42 bits per heavy atom. The smallest absolute Gasteiger partial charge is 0.0298 e. The van der Waals surface area contributed by atoms with Crippen LogP contribution >= 0.6 is 0 Å². The van der Waals surface area contributed by atoms with E-state index in [0.29, 0.717) is 10.8 Å². The summed E-state index contributed by atoms with van der Waals surface area (Å²) in [7, 11) is 0. The molecule has 3 saturated carbocycles. The largest absolute Gasteiger partial charge is 0.0619 e. The molecule has 3 aliphatic carbocycles. The van der Waals surface area contributed by atoms with Gasteiger partial charge in [-0.1, -0.05) is 48.0 Å². The third-order valence-electron chi connectivity index (χ3n) is 7.71. The van der Waals surface area contributed by atoms with Gasteiger partial charge < -0.3 is 0 Å². The molecule has 0 bridgehead atoms. The molecule has 0 radical (unpaired) electrons. The van der Waals surface area contributed by atoms with Crippen LogP contribution in [0.4, 0.5) is 0 Å². The number of hydrogen-bond acceptors (Lipinski definition) is 0. The van der Waals surface area contributed by atoms with Gasteiger partial charge in [0.15, 0.2) is 0 Å². The van der Waals surface area contributed by atoms with Crippen molar-refractivity contribution < 1.29 is 0 Å². The summed E-state index contributed by atoms with van der Waals surface area (Å²) in [6.45, 7) is 15.5. The van der Waals surface area contributed by atoms with Crippen molar-refractivity contribution >= 4 is 0 Å². The molecular formula is C19H34. The van der Waals surface area contributed by atoms with Gasteiger partial charge in [0.2, 0.25) is 0 Å². The summed E-state index contributed by atoms with van der Waals surface area (Å²) in [5.74, 6) is 5.94. The lowest BCUT2D eigenvalue weighted by Gasteiger charge is -2.62. The summed E-state index contributed by atoms with van der Waals surface area (Å²) < 4.78 is 0. The fourth-order valence-corrected chi connectivity index (χ4v) is 6.88. The van der Waals surface area contributed by atoms with Gasteiger partial charge in [0, 0.05) is 0 Å². The minimum absolute atomic E-state index is 0.571. The fourth-order valence-electron chi connectivity index (χ4n) is 6.88. The number of rotatable bonds is 0. The van der Waals surface area contributed by atoms with Crippen LogP contribution in [-0.4, -0.2) is 0 Å². The molecule has 0 saturated heterocycles. The Balaban J connectivity index is 2.02. The van der Waals surface area contributed by atoms with Crippen LogP contribution in [0.2, 0.25) is 0 Å². The van der Waals surface area contributed by atoms with Crippen molar-refractivity contribution in [2.75, 3.05) is 0 Å². The molecular weight excluding hydrogens is 228 g/mol. The van der Waals surface area contributed by atoms with Crippen LogP contribution in [0.1, 0.15) is 73.6 Å². The third-order valence-corrected chi connectivity index (χ3v) is 7.71. The summed E-state index contributed by atoms with van der Waals surface area (Å²) in [4.78, 5) is 0. The maximum absolute atomic E-state index is 2.61. The molecule has 0 amide bonds. The zero-order valence-corrected chi connectivity index (χ0v) is 14.0. The fraction of sp³-hybridized carbons (Fsp3) is 1.00. The van der Waals surface area contributed by atoms with Gasteiger partial charge in [-0.25, -0.2) is 0 Å². The first kappa shape index (κ1) is 14.0. The van der Waals surface area contributed by atoms with E-state index in [1.54, 1.807) is 0 Å². The van der Waals surface area contributed by atoms with Crippen molar-refractivity contribution in [1.82, 2.24) is 0 Å². The Labute approximate surface area is 120 Å². The molecule has 0 aromatic carbocycles. The normalized spacial score (nSPS) is 51.5. The average Bonchev–Trinajstić information content (AvgIpc) is 2.79. The second-order valence-electron chi connectivity index (χ2n) is 9.51. The molecule has 0 nitrogen and oxygen atoms in total. The summed E-state index contributed by atoms with van der Waals surface area (Å²) in [5.41, 5.74) is 1.14. The molecule has 19 heavy (non-hydrogen) atoms. The van der Waals surface area contributed by atoms with Gasteiger partial charge in [-0.15, -0.1) is 0 Å². The van der Waals surface area contributed by atoms with Crippen molar-refractivity contribution in [3.8, 4) is 0 Å². The van der Waals surface area contributed by atoms with E-state index in [2.05, 4.69) is 41.5 Å². The highest BCUT2D eigenvalue weighted by atomic mass is 14.6. The van der Waals surface area contributed by atoms with Gasteiger partial charge >= 0.3 is 0 Å². The molecule has 0 heterocycles. The maximum Gasteiger partial charge on any atom is -0.0298 e. The molecule has 0 N–H and O–H groups in total. The highest BCUT2D eigenvalue weighted by Gasteiger charge is 2.58. The van der Waals surface area contributed by atoms with E-state index in [0.717, 1.165) is 35.5 Å². The number of fused-ring (bicyclic) bond motifs is 2. The van der Waals surface area contributed by atoms with Crippen LogP contribution in [0, 0.1) is 46.3 Å². The third kappa shape index (κ3) is 1.92. The molecule has 6 atom stereocenters. The minimum Gasteiger partial charge on any atom is -0.0619 e. The monoisotopic (exact) mass is 262 g/mol. The van der Waals surface area contributed by atoms with E-state index in [4.69, 9.17) is 0 Å². The SMILES string of the molecule is CC1C2CCCC2C(C)C2C1C(C)(C)CCC2(C)C. The van der Waals surface area contributed by atoms with Gasteiger partial charge in [0.05, 0.1) is 0 Å². The second kappa shape index (κ2) is 4.25. The lowest BCUT2D eigenvalue weighted by atomic mass is 9.43. The van der Waals surface area contributed by atoms with E-state index in [1.165, 1.54) is 32.1 Å². The maximum atomic E-state index is 2.61. The molecule has 6 unspecified atom stereocenters. The highest BCUT2D eigenvalue weighted by Crippen LogP contribution is 2.65. The van der Waals surface area contributed by atoms with Gasteiger partial charge in [-0.2, -0.15) is 0 Å². The Kier molecular flexibility index (Phi) is 3.12. The molecule has 3 fully saturated rings. The summed E-state index contributed by atoms with van der Waals surface area (Å²) in [6.07, 6.45) is 7.43. The molecule has 0 spiro atoms. The minimum atomic E-state index is 0.571. The van der Waals surface area contributed by atoms with E-state index in [9.17, 15) is 0 Å². The lowest BCUT2D eigenvalue weighted by molar-refractivity contribution is -0.136. The van der Waals surface area contributed by atoms with Gasteiger partial charge in [-0.3, -0.25) is 0 Å². The van der Waals surface area contributed by atoms with Crippen LogP contribution in [0.5, 0.6) is 0 Å². The first-order chi connectivity index (χ1) is 8.76. The van der Waals surface area contributed by atoms with E-state index in [1.807, 2.05) is 0 Å². The van der Waals surface area contributed by atoms with Crippen molar-refractivity contribution in [2.24, 2.45) is 46.3 Å². The van der Waals surface area contributed by atoms with Crippen LogP contribution in [-0.2, 0) is 0 Å². The lowest BCUT2D eigenvalue weighted by Crippen LogP contribution is -2.56. The predicted molar refractivity (Wildman–Crippen MR) is 82.9 cm³/mol. The Bertz CT molecular complexity index is 317. The quantitative estimate of drug-likeness (QED) is 0.520. The van der Waals surface area contributed by atoms with Crippen molar-refractivity contribution in [3.63, 3.8) is 0 Å². The first-order valence-electron chi connectivity index (χ1n) is 8.76. The van der Waals surface area contributed by atoms with Gasteiger partial charge in [0.25, 0.3) is 0 Å². The second-order valence-corrected chi connectivity index (χ2v) is 9.51. The molecule has 3 rings (SSSR count). The van der Waals surface area contributed by atoms with E-state index < -0.39 is 0 Å². The van der Waals surface area contributed by atoms with Crippen molar-refractivity contribution in [1.29, 1.82) is 0 Å². The number of hydrogen-bond donors (Lipinski definition) is 0. The standard InChI is InChI=1S/C19H34/c1-12-14-8-7-9-15(14)13(2)17-16(12)18(3,4)10-11-19(17,5)6/h12-17H,7-11H2,1-6H3. The molecule has 3 aliphatic rings. The molecule has 0 heteroatoms. The van der Waals surface area contributed by atoms with Crippen LogP contribution in [0.3, 0.4) is 0 Å². The summed E-state index contributed by atoms with van der Waals surface area (Å²) in [6, 6.07) is 0. The van der Waals surface area contributed by atoms with Crippen LogP contribution in [0.25, 0.3) is 0 Å². The Morgan fingerprint density at radius 2 is 1.05 bits per heavy atom. The van der Waals surface area contributed by atoms with Crippen LogP contribution in [0.15, 0.2) is 0 Å². The summed E-state index contributed by atoms with van der Waals surface area (Å²) >= 11 is 0. The average molecular weight is 262 g/mol. The zero-order chi connectivity index (χ0) is 14.0. The molecule has 0 aromatic rings. The highest BCUT2D eigenvalue weighted by molar-refractivity contribution is 5.07. The van der Waals surface area contributed by atoms with Gasteiger partial charge in [0.1, 0.15) is 0 Å².